The predicted octanol–water partition coefficient (Wildman–Crippen LogP) is 4.49. The Morgan fingerprint density at radius 3 is 2.30 bits per heavy atom. The summed E-state index contributed by atoms with van der Waals surface area (Å²) in [6, 6.07) is 17.6. The Bertz CT molecular complexity index is 572. The molecule has 4 heteroatoms. The van der Waals surface area contributed by atoms with Crippen LogP contribution >= 0.6 is 31.9 Å². The normalized spacial score (nSPS) is 10.3. The predicted molar refractivity (Wildman–Crippen MR) is 89.1 cm³/mol. The van der Waals surface area contributed by atoms with E-state index < -0.39 is 0 Å². The highest BCUT2D eigenvalue weighted by Crippen LogP contribution is 2.19. The molecule has 2 rings (SSSR count). The van der Waals surface area contributed by atoms with Gasteiger partial charge in [-0.2, -0.15) is 0 Å². The molecule has 0 aromatic heterocycles. The summed E-state index contributed by atoms with van der Waals surface area (Å²) in [5.74, 6) is 0.0424. The molecule has 0 fully saturated rings. The zero-order valence-corrected chi connectivity index (χ0v) is 14.1. The third-order valence-corrected chi connectivity index (χ3v) is 4.01. The average molecular weight is 397 g/mol. The van der Waals surface area contributed by atoms with E-state index in [1.807, 2.05) is 59.5 Å². The first-order chi connectivity index (χ1) is 9.72. The molecule has 0 aliphatic carbocycles. The van der Waals surface area contributed by atoms with Gasteiger partial charge in [0.2, 0.25) is 0 Å². The first-order valence-electron chi connectivity index (χ1n) is 6.36. The van der Waals surface area contributed by atoms with Crippen LogP contribution in [0.1, 0.15) is 15.9 Å². The standard InChI is InChI=1S/C16H15Br2NO/c17-10-11-19(12-13-6-2-1-3-7-13)16(20)14-8-4-5-9-15(14)18/h1-9H,10-12H2. The van der Waals surface area contributed by atoms with E-state index in [9.17, 15) is 4.79 Å². The summed E-state index contributed by atoms with van der Waals surface area (Å²) in [5, 5.41) is 0.760. The molecule has 0 aliphatic rings. The second kappa shape index (κ2) is 7.60. The Kier molecular flexibility index (Phi) is 5.80. The van der Waals surface area contributed by atoms with Gasteiger partial charge in [0, 0.05) is 22.9 Å². The van der Waals surface area contributed by atoms with Crippen LogP contribution in [0.5, 0.6) is 0 Å². The van der Waals surface area contributed by atoms with Crippen molar-refractivity contribution in [2.24, 2.45) is 0 Å². The average Bonchev–Trinajstić information content (AvgIpc) is 2.48. The zero-order valence-electron chi connectivity index (χ0n) is 10.9. The number of hydrogen-bond acceptors (Lipinski definition) is 1. The maximum Gasteiger partial charge on any atom is 0.255 e. The van der Waals surface area contributed by atoms with Gasteiger partial charge in [0.15, 0.2) is 0 Å². The molecule has 0 aliphatic heterocycles. The summed E-state index contributed by atoms with van der Waals surface area (Å²) >= 11 is 6.86. The van der Waals surface area contributed by atoms with Gasteiger partial charge in [-0.3, -0.25) is 4.79 Å². The second-order valence-electron chi connectivity index (χ2n) is 4.38. The molecule has 0 N–H and O–H groups in total. The molecule has 1 amide bonds. The van der Waals surface area contributed by atoms with E-state index in [1.54, 1.807) is 0 Å². The fourth-order valence-electron chi connectivity index (χ4n) is 1.96. The molecule has 0 saturated carbocycles. The van der Waals surface area contributed by atoms with Gasteiger partial charge in [0.1, 0.15) is 0 Å². The lowest BCUT2D eigenvalue weighted by Crippen LogP contribution is -2.32. The number of benzene rings is 2. The summed E-state index contributed by atoms with van der Waals surface area (Å²) < 4.78 is 0.831. The van der Waals surface area contributed by atoms with Gasteiger partial charge in [-0.05, 0) is 33.6 Å². The molecule has 0 radical (unpaired) electrons. The van der Waals surface area contributed by atoms with Crippen LogP contribution in [0.25, 0.3) is 0 Å². The SMILES string of the molecule is O=C(c1ccccc1Br)N(CCBr)Cc1ccccc1. The summed E-state index contributed by atoms with van der Waals surface area (Å²) in [5.41, 5.74) is 1.83. The summed E-state index contributed by atoms with van der Waals surface area (Å²) in [6.45, 7) is 1.29. The minimum absolute atomic E-state index is 0.0424. The van der Waals surface area contributed by atoms with Gasteiger partial charge in [-0.15, -0.1) is 0 Å². The van der Waals surface area contributed by atoms with E-state index in [1.165, 1.54) is 0 Å². The van der Waals surface area contributed by atoms with Crippen molar-refractivity contribution in [2.75, 3.05) is 11.9 Å². The van der Waals surface area contributed by atoms with E-state index >= 15 is 0 Å². The lowest BCUT2D eigenvalue weighted by Gasteiger charge is -2.22. The van der Waals surface area contributed by atoms with Crippen LogP contribution in [0.4, 0.5) is 0 Å². The highest BCUT2D eigenvalue weighted by molar-refractivity contribution is 9.10. The highest BCUT2D eigenvalue weighted by Gasteiger charge is 2.17. The van der Waals surface area contributed by atoms with Gasteiger partial charge in [-0.1, -0.05) is 58.4 Å². The van der Waals surface area contributed by atoms with E-state index in [2.05, 4.69) is 31.9 Å². The number of nitrogens with zero attached hydrogens (tertiary/aromatic N) is 1. The Morgan fingerprint density at radius 2 is 1.65 bits per heavy atom. The third-order valence-electron chi connectivity index (χ3n) is 2.96. The number of rotatable bonds is 5. The van der Waals surface area contributed by atoms with E-state index in [0.717, 1.165) is 15.4 Å². The lowest BCUT2D eigenvalue weighted by atomic mass is 10.1. The first-order valence-corrected chi connectivity index (χ1v) is 8.27. The van der Waals surface area contributed by atoms with Crippen molar-refractivity contribution >= 4 is 37.8 Å². The molecule has 0 saturated heterocycles. The Hall–Kier alpha value is -1.13. The molecular weight excluding hydrogens is 382 g/mol. The monoisotopic (exact) mass is 395 g/mol. The smallest absolute Gasteiger partial charge is 0.255 e. The Balaban J connectivity index is 2.20. The maximum absolute atomic E-state index is 12.6. The minimum atomic E-state index is 0.0424. The molecule has 2 aromatic carbocycles. The van der Waals surface area contributed by atoms with Crippen LogP contribution in [-0.4, -0.2) is 22.7 Å². The van der Waals surface area contributed by atoms with Crippen molar-refractivity contribution in [3.63, 3.8) is 0 Å². The van der Waals surface area contributed by atoms with Crippen molar-refractivity contribution in [3.05, 3.63) is 70.2 Å². The summed E-state index contributed by atoms with van der Waals surface area (Å²) in [7, 11) is 0. The van der Waals surface area contributed by atoms with E-state index in [4.69, 9.17) is 0 Å². The molecule has 0 unspecified atom stereocenters. The van der Waals surface area contributed by atoms with Gasteiger partial charge < -0.3 is 4.90 Å². The molecule has 0 heterocycles. The van der Waals surface area contributed by atoms with Gasteiger partial charge >= 0.3 is 0 Å². The number of halogens is 2. The van der Waals surface area contributed by atoms with Crippen molar-refractivity contribution < 1.29 is 4.79 Å². The van der Waals surface area contributed by atoms with Crippen LogP contribution in [-0.2, 0) is 6.54 Å². The Labute approximate surface area is 136 Å². The quantitative estimate of drug-likeness (QED) is 0.682. The molecule has 0 bridgehead atoms. The molecule has 0 spiro atoms. The molecule has 104 valence electrons. The van der Waals surface area contributed by atoms with Gasteiger partial charge in [-0.25, -0.2) is 0 Å². The van der Waals surface area contributed by atoms with Crippen LogP contribution in [0, 0.1) is 0 Å². The van der Waals surface area contributed by atoms with Gasteiger partial charge in [0.25, 0.3) is 5.91 Å². The molecule has 2 nitrogen and oxygen atoms in total. The van der Waals surface area contributed by atoms with Crippen LogP contribution in [0.15, 0.2) is 59.1 Å². The van der Waals surface area contributed by atoms with Crippen LogP contribution in [0.3, 0.4) is 0 Å². The fraction of sp³-hybridized carbons (Fsp3) is 0.188. The summed E-state index contributed by atoms with van der Waals surface area (Å²) in [6.07, 6.45) is 0. The van der Waals surface area contributed by atoms with Gasteiger partial charge in [0.05, 0.1) is 5.56 Å². The number of carbonyl (C=O) groups is 1. The molecule has 2 aromatic rings. The summed E-state index contributed by atoms with van der Waals surface area (Å²) in [4.78, 5) is 14.5. The number of carbonyl (C=O) groups excluding carboxylic acids is 1. The second-order valence-corrected chi connectivity index (χ2v) is 6.03. The van der Waals surface area contributed by atoms with Crippen LogP contribution < -0.4 is 0 Å². The largest absolute Gasteiger partial charge is 0.333 e. The number of hydrogen-bond donors (Lipinski definition) is 0. The van der Waals surface area contributed by atoms with Crippen LogP contribution in [0.2, 0.25) is 0 Å². The minimum Gasteiger partial charge on any atom is -0.333 e. The number of amides is 1. The lowest BCUT2D eigenvalue weighted by molar-refractivity contribution is 0.0754. The van der Waals surface area contributed by atoms with Crippen molar-refractivity contribution in [3.8, 4) is 0 Å². The van der Waals surface area contributed by atoms with Crippen molar-refractivity contribution in [1.29, 1.82) is 0 Å². The molecule has 0 atom stereocenters. The maximum atomic E-state index is 12.6. The molecular formula is C16H15Br2NO. The third kappa shape index (κ3) is 3.93. The fourth-order valence-corrected chi connectivity index (χ4v) is 2.85. The van der Waals surface area contributed by atoms with E-state index in [0.29, 0.717) is 18.7 Å². The number of alkyl halides is 1. The first kappa shape index (κ1) is 15.3. The molecule has 20 heavy (non-hydrogen) atoms. The zero-order chi connectivity index (χ0) is 14.4. The topological polar surface area (TPSA) is 20.3 Å². The van der Waals surface area contributed by atoms with Crippen molar-refractivity contribution in [2.45, 2.75) is 6.54 Å². The highest BCUT2D eigenvalue weighted by atomic mass is 79.9. The van der Waals surface area contributed by atoms with E-state index in [-0.39, 0.29) is 5.91 Å². The Morgan fingerprint density at radius 1 is 1.00 bits per heavy atom. The van der Waals surface area contributed by atoms with Crippen molar-refractivity contribution in [1.82, 2.24) is 4.90 Å².